The Labute approximate surface area is 136 Å². The molecule has 1 aromatic rings. The number of ether oxygens (including phenoxy) is 1. The Morgan fingerprint density at radius 1 is 1.43 bits per heavy atom. The molecular formula is C17H21N3O3. The number of carbonyl (C=O) groups excluding carboxylic acids is 2. The summed E-state index contributed by atoms with van der Waals surface area (Å²) in [5.41, 5.74) is 1.31. The molecule has 2 N–H and O–H groups in total. The van der Waals surface area contributed by atoms with Crippen molar-refractivity contribution in [3.8, 4) is 11.8 Å². The molecule has 0 aliphatic carbocycles. The van der Waals surface area contributed by atoms with Crippen LogP contribution in [0.25, 0.3) is 0 Å². The fraction of sp³-hybridized carbons (Fsp3) is 0.471. The zero-order valence-corrected chi connectivity index (χ0v) is 13.7. The molecule has 23 heavy (non-hydrogen) atoms. The Balaban J connectivity index is 1.81. The van der Waals surface area contributed by atoms with Crippen LogP contribution in [0.4, 0.5) is 10.6 Å². The highest BCUT2D eigenvalue weighted by Crippen LogP contribution is 2.20. The van der Waals surface area contributed by atoms with Gasteiger partial charge in [0, 0.05) is 31.1 Å². The average Bonchev–Trinajstić information content (AvgIpc) is 2.45. The Morgan fingerprint density at radius 2 is 2.22 bits per heavy atom. The maximum atomic E-state index is 11.5. The zero-order chi connectivity index (χ0) is 16.9. The van der Waals surface area contributed by atoms with Crippen LogP contribution in [0.15, 0.2) is 12.3 Å². The molecule has 0 aromatic carbocycles. The van der Waals surface area contributed by atoms with Crippen molar-refractivity contribution in [3.63, 3.8) is 0 Å². The van der Waals surface area contributed by atoms with Crippen LogP contribution < -0.4 is 10.6 Å². The van der Waals surface area contributed by atoms with Gasteiger partial charge in [0.2, 0.25) is 5.91 Å². The Bertz CT molecular complexity index is 666. The smallest absolute Gasteiger partial charge is 0.407 e. The van der Waals surface area contributed by atoms with E-state index < -0.39 is 11.7 Å². The van der Waals surface area contributed by atoms with Crippen LogP contribution in [0, 0.1) is 11.8 Å². The predicted molar refractivity (Wildman–Crippen MR) is 86.9 cm³/mol. The summed E-state index contributed by atoms with van der Waals surface area (Å²) < 4.78 is 5.13. The number of aryl methyl sites for hydroxylation is 1. The molecule has 2 amide bonds. The zero-order valence-electron chi connectivity index (χ0n) is 13.7. The van der Waals surface area contributed by atoms with E-state index in [0.717, 1.165) is 11.1 Å². The topological polar surface area (TPSA) is 80.3 Å². The summed E-state index contributed by atoms with van der Waals surface area (Å²) in [6.45, 7) is 5.88. The first-order valence-electron chi connectivity index (χ1n) is 7.58. The Kier molecular flexibility index (Phi) is 5.22. The third-order valence-corrected chi connectivity index (χ3v) is 3.00. The van der Waals surface area contributed by atoms with E-state index in [1.54, 1.807) is 6.20 Å². The second-order valence-electron chi connectivity index (χ2n) is 6.26. The Morgan fingerprint density at radius 3 is 2.96 bits per heavy atom. The molecular weight excluding hydrogens is 294 g/mol. The minimum atomic E-state index is -0.500. The number of hydrogen-bond acceptors (Lipinski definition) is 4. The first-order chi connectivity index (χ1) is 10.8. The maximum absolute atomic E-state index is 11.5. The molecule has 1 aliphatic rings. The summed E-state index contributed by atoms with van der Waals surface area (Å²) in [5, 5.41) is 5.39. The van der Waals surface area contributed by atoms with Crippen LogP contribution >= 0.6 is 0 Å². The minimum absolute atomic E-state index is 0.00273. The van der Waals surface area contributed by atoms with E-state index in [9.17, 15) is 9.59 Å². The fourth-order valence-corrected chi connectivity index (χ4v) is 2.03. The van der Waals surface area contributed by atoms with Crippen molar-refractivity contribution in [1.82, 2.24) is 10.3 Å². The van der Waals surface area contributed by atoms with Crippen molar-refractivity contribution in [2.24, 2.45) is 0 Å². The highest BCUT2D eigenvalue weighted by molar-refractivity contribution is 5.92. The van der Waals surface area contributed by atoms with E-state index in [1.807, 2.05) is 26.8 Å². The summed E-state index contributed by atoms with van der Waals surface area (Å²) in [4.78, 5) is 26.9. The van der Waals surface area contributed by atoms with Gasteiger partial charge in [0.25, 0.3) is 0 Å². The number of rotatable bonds is 2. The number of nitrogens with one attached hydrogen (secondary N) is 2. The molecule has 0 spiro atoms. The van der Waals surface area contributed by atoms with Crippen LogP contribution in [0.2, 0.25) is 0 Å². The molecule has 0 fully saturated rings. The number of carbonyl (C=O) groups is 2. The molecule has 6 nitrogen and oxygen atoms in total. The second kappa shape index (κ2) is 7.14. The van der Waals surface area contributed by atoms with Crippen molar-refractivity contribution < 1.29 is 14.3 Å². The van der Waals surface area contributed by atoms with Gasteiger partial charge in [0.05, 0.1) is 0 Å². The third-order valence-electron chi connectivity index (χ3n) is 3.00. The van der Waals surface area contributed by atoms with E-state index in [4.69, 9.17) is 4.74 Å². The van der Waals surface area contributed by atoms with Crippen molar-refractivity contribution >= 4 is 17.8 Å². The van der Waals surface area contributed by atoms with Crippen LogP contribution in [0.5, 0.6) is 0 Å². The summed E-state index contributed by atoms with van der Waals surface area (Å²) in [6, 6.07) is 1.94. The van der Waals surface area contributed by atoms with Gasteiger partial charge >= 0.3 is 6.09 Å². The SMILES string of the molecule is CC(C)(C)OC(=O)NCCC#Cc1cnc2c(c1)CCC(=O)N2. The van der Waals surface area contributed by atoms with Crippen molar-refractivity contribution in [3.05, 3.63) is 23.4 Å². The lowest BCUT2D eigenvalue weighted by Crippen LogP contribution is -2.32. The number of pyridine rings is 1. The largest absolute Gasteiger partial charge is 0.444 e. The van der Waals surface area contributed by atoms with Crippen molar-refractivity contribution in [2.45, 2.75) is 45.6 Å². The van der Waals surface area contributed by atoms with Gasteiger partial charge in [-0.15, -0.1) is 0 Å². The molecule has 122 valence electrons. The van der Waals surface area contributed by atoms with Gasteiger partial charge < -0.3 is 15.4 Å². The van der Waals surface area contributed by atoms with Gasteiger partial charge in [-0.25, -0.2) is 9.78 Å². The predicted octanol–water partition coefficient (Wildman–Crippen LogP) is 2.23. The number of nitrogens with zero attached hydrogens (tertiary/aromatic N) is 1. The lowest BCUT2D eigenvalue weighted by Gasteiger charge is -2.19. The number of fused-ring (bicyclic) bond motifs is 1. The van der Waals surface area contributed by atoms with E-state index in [2.05, 4.69) is 27.5 Å². The van der Waals surface area contributed by atoms with E-state index >= 15 is 0 Å². The van der Waals surface area contributed by atoms with Crippen molar-refractivity contribution in [2.75, 3.05) is 11.9 Å². The standard InChI is InChI=1S/C17H21N3O3/c1-17(2,3)23-16(22)18-9-5-4-6-12-10-13-7-8-14(21)20-15(13)19-11-12/h10-11H,5,7-9H2,1-3H3,(H,18,22)(H,19,20,21). The van der Waals surface area contributed by atoms with Gasteiger partial charge in [0.1, 0.15) is 11.4 Å². The van der Waals surface area contributed by atoms with Gasteiger partial charge in [-0.3, -0.25) is 4.79 Å². The first kappa shape index (κ1) is 16.8. The van der Waals surface area contributed by atoms with Gasteiger partial charge in [0.15, 0.2) is 0 Å². The number of hydrogen-bond donors (Lipinski definition) is 2. The third kappa shape index (κ3) is 5.62. The van der Waals surface area contributed by atoms with Gasteiger partial charge in [-0.05, 0) is 38.8 Å². The summed E-state index contributed by atoms with van der Waals surface area (Å²) in [7, 11) is 0. The quantitative estimate of drug-likeness (QED) is 0.648. The first-order valence-corrected chi connectivity index (χ1v) is 7.58. The molecule has 1 aromatic heterocycles. The van der Waals surface area contributed by atoms with Crippen LogP contribution in [-0.4, -0.2) is 29.1 Å². The van der Waals surface area contributed by atoms with Crippen LogP contribution in [0.1, 0.15) is 44.7 Å². The molecule has 0 atom stereocenters. The molecule has 0 unspecified atom stereocenters. The van der Waals surface area contributed by atoms with Crippen molar-refractivity contribution in [1.29, 1.82) is 0 Å². The molecule has 1 aliphatic heterocycles. The number of amides is 2. The second-order valence-corrected chi connectivity index (χ2v) is 6.26. The fourth-order valence-electron chi connectivity index (χ4n) is 2.03. The molecule has 0 saturated heterocycles. The average molecular weight is 315 g/mol. The van der Waals surface area contributed by atoms with E-state index in [1.165, 1.54) is 0 Å². The molecule has 2 rings (SSSR count). The summed E-state index contributed by atoms with van der Waals surface area (Å²) in [6.07, 6.45) is 2.88. The highest BCUT2D eigenvalue weighted by atomic mass is 16.6. The molecule has 6 heteroatoms. The summed E-state index contributed by atoms with van der Waals surface area (Å²) >= 11 is 0. The van der Waals surface area contributed by atoms with Crippen LogP contribution in [0.3, 0.4) is 0 Å². The van der Waals surface area contributed by atoms with E-state index in [-0.39, 0.29) is 5.91 Å². The lowest BCUT2D eigenvalue weighted by molar-refractivity contribution is -0.116. The normalized spacial score (nSPS) is 13.3. The van der Waals surface area contributed by atoms with E-state index in [0.29, 0.717) is 31.6 Å². The Hall–Kier alpha value is -2.55. The number of alkyl carbamates (subject to hydrolysis) is 1. The van der Waals surface area contributed by atoms with Crippen LogP contribution in [-0.2, 0) is 16.0 Å². The van der Waals surface area contributed by atoms with Gasteiger partial charge in [-0.1, -0.05) is 11.8 Å². The minimum Gasteiger partial charge on any atom is -0.444 e. The maximum Gasteiger partial charge on any atom is 0.407 e. The highest BCUT2D eigenvalue weighted by Gasteiger charge is 2.16. The lowest BCUT2D eigenvalue weighted by atomic mass is 10.1. The molecule has 0 bridgehead atoms. The van der Waals surface area contributed by atoms with Gasteiger partial charge in [-0.2, -0.15) is 0 Å². The number of anilines is 1. The molecule has 2 heterocycles. The monoisotopic (exact) mass is 315 g/mol. The molecule has 0 saturated carbocycles. The number of aromatic nitrogens is 1. The summed E-state index contributed by atoms with van der Waals surface area (Å²) in [5.74, 6) is 6.62. The molecule has 0 radical (unpaired) electrons.